The first kappa shape index (κ1) is 20.5. The van der Waals surface area contributed by atoms with Crippen molar-refractivity contribution < 1.29 is 5.11 Å². The van der Waals surface area contributed by atoms with Crippen LogP contribution in [0.5, 0.6) is 0 Å². The number of halogens is 1. The summed E-state index contributed by atoms with van der Waals surface area (Å²) >= 11 is 0. The van der Waals surface area contributed by atoms with E-state index in [9.17, 15) is 5.11 Å². The fraction of sp³-hybridized carbons (Fsp3) is 0.650. The number of hydrogen-bond donors (Lipinski definition) is 3. The van der Waals surface area contributed by atoms with Crippen LogP contribution < -0.4 is 10.6 Å². The van der Waals surface area contributed by atoms with E-state index in [0.29, 0.717) is 18.5 Å². The molecule has 0 spiro atoms. The monoisotopic (exact) mass is 457 g/mol. The van der Waals surface area contributed by atoms with Crippen molar-refractivity contribution in [2.75, 3.05) is 13.1 Å². The van der Waals surface area contributed by atoms with Gasteiger partial charge in [0.2, 0.25) is 0 Å². The number of aliphatic hydroxyl groups excluding tert-OH is 1. The molecule has 4 unspecified atom stereocenters. The summed E-state index contributed by atoms with van der Waals surface area (Å²) in [6, 6.07) is 11.2. The minimum atomic E-state index is -0.226. The number of rotatable bonds is 5. The van der Waals surface area contributed by atoms with E-state index in [4.69, 9.17) is 4.99 Å². The summed E-state index contributed by atoms with van der Waals surface area (Å²) in [4.78, 5) is 4.80. The normalized spacial score (nSPS) is 31.8. The summed E-state index contributed by atoms with van der Waals surface area (Å²) in [5.74, 6) is 1.48. The Balaban J connectivity index is 0.00000225. The van der Waals surface area contributed by atoms with Crippen LogP contribution >= 0.6 is 24.0 Å². The highest BCUT2D eigenvalue weighted by atomic mass is 127. The lowest BCUT2D eigenvalue weighted by molar-refractivity contribution is 0.00716. The predicted octanol–water partition coefficient (Wildman–Crippen LogP) is 3.66. The lowest BCUT2D eigenvalue weighted by atomic mass is 9.73. The van der Waals surface area contributed by atoms with E-state index in [0.717, 1.165) is 38.2 Å². The third-order valence-electron chi connectivity index (χ3n) is 5.56. The molecule has 1 aromatic rings. The highest BCUT2D eigenvalue weighted by Crippen LogP contribution is 2.40. The minimum absolute atomic E-state index is 0. The van der Waals surface area contributed by atoms with Crippen molar-refractivity contribution in [3.05, 3.63) is 35.9 Å². The molecule has 3 N–H and O–H groups in total. The van der Waals surface area contributed by atoms with E-state index in [1.807, 2.05) is 0 Å². The van der Waals surface area contributed by atoms with Crippen LogP contribution in [0, 0.1) is 5.41 Å². The average molecular weight is 457 g/mol. The Morgan fingerprint density at radius 2 is 2.04 bits per heavy atom. The highest BCUT2D eigenvalue weighted by molar-refractivity contribution is 14.0. The number of hydrogen-bond acceptors (Lipinski definition) is 2. The first-order valence-corrected chi connectivity index (χ1v) is 9.40. The number of nitrogens with zero attached hydrogens (tertiary/aromatic N) is 1. The first-order chi connectivity index (χ1) is 11.6. The lowest BCUT2D eigenvalue weighted by Gasteiger charge is -2.37. The molecule has 0 bridgehead atoms. The molecule has 0 aliphatic heterocycles. The van der Waals surface area contributed by atoms with E-state index >= 15 is 0 Å². The Morgan fingerprint density at radius 3 is 2.72 bits per heavy atom. The number of aliphatic imine (C=N–C) groups is 1. The van der Waals surface area contributed by atoms with Gasteiger partial charge in [-0.2, -0.15) is 0 Å². The predicted molar refractivity (Wildman–Crippen MR) is 115 cm³/mol. The molecule has 0 radical (unpaired) electrons. The quantitative estimate of drug-likeness (QED) is 0.360. The summed E-state index contributed by atoms with van der Waals surface area (Å²) < 4.78 is 0. The van der Waals surface area contributed by atoms with Crippen molar-refractivity contribution >= 4 is 29.9 Å². The van der Waals surface area contributed by atoms with Crippen LogP contribution in [0.2, 0.25) is 0 Å². The minimum Gasteiger partial charge on any atom is -0.392 e. The molecular weight excluding hydrogens is 425 g/mol. The molecule has 0 heterocycles. The van der Waals surface area contributed by atoms with Crippen LogP contribution in [0.1, 0.15) is 57.4 Å². The van der Waals surface area contributed by atoms with Gasteiger partial charge < -0.3 is 15.7 Å². The van der Waals surface area contributed by atoms with Crippen LogP contribution in [0.4, 0.5) is 0 Å². The summed E-state index contributed by atoms with van der Waals surface area (Å²) in [6.45, 7) is 5.81. The van der Waals surface area contributed by atoms with Gasteiger partial charge in [0.1, 0.15) is 0 Å². The van der Waals surface area contributed by atoms with Crippen molar-refractivity contribution in [2.45, 2.75) is 64.0 Å². The molecule has 1 aromatic carbocycles. The second kappa shape index (κ2) is 9.21. The maximum Gasteiger partial charge on any atom is 0.191 e. The Bertz CT molecular complexity index is 565. The molecule has 5 heteroatoms. The fourth-order valence-electron chi connectivity index (χ4n) is 3.74. The Hall–Kier alpha value is -0.820. The van der Waals surface area contributed by atoms with Crippen molar-refractivity contribution in [3.8, 4) is 0 Å². The number of nitrogens with one attached hydrogen (secondary N) is 2. The molecule has 25 heavy (non-hydrogen) atoms. The molecular formula is C20H32IN3O. The van der Waals surface area contributed by atoms with Crippen LogP contribution in [0.15, 0.2) is 35.3 Å². The van der Waals surface area contributed by atoms with Gasteiger partial charge in [-0.15, -0.1) is 24.0 Å². The molecule has 3 rings (SSSR count). The summed E-state index contributed by atoms with van der Waals surface area (Å²) in [6.07, 6.45) is 5.25. The first-order valence-electron chi connectivity index (χ1n) is 9.40. The topological polar surface area (TPSA) is 56.7 Å². The second-order valence-electron chi connectivity index (χ2n) is 7.61. The molecule has 0 saturated heterocycles. The zero-order valence-electron chi connectivity index (χ0n) is 15.4. The Labute approximate surface area is 168 Å². The average Bonchev–Trinajstić information content (AvgIpc) is 3.36. The van der Waals surface area contributed by atoms with E-state index in [1.54, 1.807) is 0 Å². The lowest BCUT2D eigenvalue weighted by Crippen LogP contribution is -2.42. The maximum absolute atomic E-state index is 10.3. The zero-order chi connectivity index (χ0) is 17.0. The number of aliphatic hydroxyl groups is 1. The second-order valence-corrected chi connectivity index (χ2v) is 7.61. The molecule has 2 aliphatic rings. The largest absolute Gasteiger partial charge is 0.392 e. The smallest absolute Gasteiger partial charge is 0.191 e. The van der Waals surface area contributed by atoms with Gasteiger partial charge in [-0.25, -0.2) is 0 Å². The van der Waals surface area contributed by atoms with Crippen LogP contribution in [0.25, 0.3) is 0 Å². The van der Waals surface area contributed by atoms with Gasteiger partial charge in [0, 0.05) is 23.9 Å². The van der Waals surface area contributed by atoms with E-state index in [2.05, 4.69) is 54.8 Å². The van der Waals surface area contributed by atoms with Crippen LogP contribution in [-0.2, 0) is 0 Å². The van der Waals surface area contributed by atoms with Gasteiger partial charge in [-0.3, -0.25) is 4.99 Å². The molecule has 2 fully saturated rings. The van der Waals surface area contributed by atoms with E-state index in [-0.39, 0.29) is 35.5 Å². The van der Waals surface area contributed by atoms with Gasteiger partial charge in [0.05, 0.1) is 12.6 Å². The van der Waals surface area contributed by atoms with E-state index in [1.165, 1.54) is 12.0 Å². The number of benzene rings is 1. The third-order valence-corrected chi connectivity index (χ3v) is 5.56. The van der Waals surface area contributed by atoms with Crippen LogP contribution in [0.3, 0.4) is 0 Å². The molecule has 140 valence electrons. The summed E-state index contributed by atoms with van der Waals surface area (Å²) in [7, 11) is 0. The Morgan fingerprint density at radius 1 is 1.28 bits per heavy atom. The standard InChI is InChI=1S/C20H31N3O.HI/c1-3-21-19(22-14-20(2)12-8-7-11-18(20)24)23-17-13-16(17)15-9-5-4-6-10-15;/h4-6,9-10,16-18,24H,3,7-8,11-14H2,1-2H3,(H2,21,22,23);1H. The Kier molecular flexibility index (Phi) is 7.55. The summed E-state index contributed by atoms with van der Waals surface area (Å²) in [5.41, 5.74) is 1.32. The molecule has 4 nitrogen and oxygen atoms in total. The fourth-order valence-corrected chi connectivity index (χ4v) is 3.74. The van der Waals surface area contributed by atoms with Gasteiger partial charge in [-0.05, 0) is 31.7 Å². The van der Waals surface area contributed by atoms with E-state index < -0.39 is 0 Å². The van der Waals surface area contributed by atoms with Crippen molar-refractivity contribution in [3.63, 3.8) is 0 Å². The zero-order valence-corrected chi connectivity index (χ0v) is 17.7. The number of guanidine groups is 1. The molecule has 4 atom stereocenters. The van der Waals surface area contributed by atoms with Gasteiger partial charge in [-0.1, -0.05) is 50.1 Å². The van der Waals surface area contributed by atoms with Gasteiger partial charge >= 0.3 is 0 Å². The van der Waals surface area contributed by atoms with Crippen molar-refractivity contribution in [2.24, 2.45) is 10.4 Å². The highest BCUT2D eigenvalue weighted by Gasteiger charge is 2.39. The maximum atomic E-state index is 10.3. The van der Waals surface area contributed by atoms with Crippen molar-refractivity contribution in [1.82, 2.24) is 10.6 Å². The molecule has 2 saturated carbocycles. The van der Waals surface area contributed by atoms with Gasteiger partial charge in [0.15, 0.2) is 5.96 Å². The van der Waals surface area contributed by atoms with Gasteiger partial charge in [0.25, 0.3) is 0 Å². The molecule has 0 amide bonds. The summed E-state index contributed by atoms with van der Waals surface area (Å²) in [5, 5.41) is 17.3. The SMILES string of the molecule is CCNC(=NCC1(C)CCCCC1O)NC1CC1c1ccccc1.I. The van der Waals surface area contributed by atoms with Crippen LogP contribution in [-0.4, -0.2) is 36.3 Å². The molecule has 2 aliphatic carbocycles. The molecule has 0 aromatic heterocycles. The third kappa shape index (κ3) is 5.33. The van der Waals surface area contributed by atoms with Crippen molar-refractivity contribution in [1.29, 1.82) is 0 Å².